The standard InChI is InChI=1S/C21H18Cl2N2O4S/c1-28-20-10-7-15(13-24-25-30(26,27)18-5-3-2-4-6-18)11-21(20)29-14-16-8-9-17(22)12-19(16)23/h2-13,25H,14H2,1H3. The largest absolute Gasteiger partial charge is 0.493 e. The first-order valence-electron chi connectivity index (χ1n) is 8.74. The molecule has 156 valence electrons. The molecule has 0 saturated heterocycles. The third-order valence-electron chi connectivity index (χ3n) is 4.03. The average molecular weight is 465 g/mol. The van der Waals surface area contributed by atoms with Crippen LogP contribution in [0, 0.1) is 0 Å². The SMILES string of the molecule is COc1ccc(C=NNS(=O)(=O)c2ccccc2)cc1OCc1ccc(Cl)cc1Cl. The lowest BCUT2D eigenvalue weighted by Gasteiger charge is -2.12. The number of ether oxygens (including phenoxy) is 2. The molecule has 0 saturated carbocycles. The first-order valence-corrected chi connectivity index (χ1v) is 11.0. The summed E-state index contributed by atoms with van der Waals surface area (Å²) in [7, 11) is -2.21. The molecular formula is C21H18Cl2N2O4S. The molecule has 9 heteroatoms. The smallest absolute Gasteiger partial charge is 0.276 e. The van der Waals surface area contributed by atoms with Crippen molar-refractivity contribution in [3.63, 3.8) is 0 Å². The second-order valence-electron chi connectivity index (χ2n) is 6.10. The molecule has 6 nitrogen and oxygen atoms in total. The van der Waals surface area contributed by atoms with Gasteiger partial charge in [0.1, 0.15) is 6.61 Å². The monoisotopic (exact) mass is 464 g/mol. The van der Waals surface area contributed by atoms with E-state index in [0.29, 0.717) is 27.1 Å². The molecule has 0 aromatic heterocycles. The number of hydrogen-bond acceptors (Lipinski definition) is 5. The van der Waals surface area contributed by atoms with Crippen LogP contribution in [0.4, 0.5) is 0 Å². The van der Waals surface area contributed by atoms with E-state index in [1.54, 1.807) is 54.6 Å². The zero-order chi connectivity index (χ0) is 21.6. The van der Waals surface area contributed by atoms with Gasteiger partial charge in [0.05, 0.1) is 18.2 Å². The summed E-state index contributed by atoms with van der Waals surface area (Å²) in [6, 6.07) is 18.2. The van der Waals surface area contributed by atoms with Crippen molar-refractivity contribution in [2.24, 2.45) is 5.10 Å². The summed E-state index contributed by atoms with van der Waals surface area (Å²) in [5.41, 5.74) is 1.38. The highest BCUT2D eigenvalue weighted by Gasteiger charge is 2.11. The van der Waals surface area contributed by atoms with Gasteiger partial charge < -0.3 is 9.47 Å². The van der Waals surface area contributed by atoms with Gasteiger partial charge in [0.15, 0.2) is 11.5 Å². The number of methoxy groups -OCH3 is 1. The highest BCUT2D eigenvalue weighted by molar-refractivity contribution is 7.89. The van der Waals surface area contributed by atoms with Crippen LogP contribution in [0.5, 0.6) is 11.5 Å². The Morgan fingerprint density at radius 2 is 1.77 bits per heavy atom. The second kappa shape index (κ2) is 9.84. The van der Waals surface area contributed by atoms with Crippen molar-refractivity contribution >= 4 is 39.4 Å². The fourth-order valence-corrected chi connectivity index (χ4v) is 3.78. The number of halogens is 2. The quantitative estimate of drug-likeness (QED) is 0.380. The van der Waals surface area contributed by atoms with E-state index in [0.717, 1.165) is 5.56 Å². The highest BCUT2D eigenvalue weighted by Crippen LogP contribution is 2.30. The lowest BCUT2D eigenvalue weighted by atomic mass is 10.2. The lowest BCUT2D eigenvalue weighted by molar-refractivity contribution is 0.284. The van der Waals surface area contributed by atoms with Crippen LogP contribution in [-0.2, 0) is 16.6 Å². The summed E-state index contributed by atoms with van der Waals surface area (Å²) in [4.78, 5) is 2.31. The Labute approximate surface area is 185 Å². The molecule has 0 aliphatic carbocycles. The number of nitrogens with one attached hydrogen (secondary N) is 1. The van der Waals surface area contributed by atoms with E-state index in [1.165, 1.54) is 25.5 Å². The Bertz CT molecular complexity index is 1150. The van der Waals surface area contributed by atoms with Gasteiger partial charge in [0.2, 0.25) is 0 Å². The first kappa shape index (κ1) is 22.0. The Morgan fingerprint density at radius 3 is 2.47 bits per heavy atom. The summed E-state index contributed by atoms with van der Waals surface area (Å²) < 4.78 is 35.6. The van der Waals surface area contributed by atoms with Crippen molar-refractivity contribution in [2.45, 2.75) is 11.5 Å². The molecule has 0 radical (unpaired) electrons. The number of hydrazone groups is 1. The maximum atomic E-state index is 12.2. The van der Waals surface area contributed by atoms with Crippen LogP contribution in [-0.4, -0.2) is 21.7 Å². The van der Waals surface area contributed by atoms with Gasteiger partial charge in [-0.25, -0.2) is 4.83 Å². The van der Waals surface area contributed by atoms with Crippen LogP contribution in [0.25, 0.3) is 0 Å². The van der Waals surface area contributed by atoms with Crippen LogP contribution in [0.2, 0.25) is 10.0 Å². The van der Waals surface area contributed by atoms with E-state index in [1.807, 2.05) is 0 Å². The summed E-state index contributed by atoms with van der Waals surface area (Å²) in [5, 5.41) is 4.87. The Kier molecular flexibility index (Phi) is 7.20. The summed E-state index contributed by atoms with van der Waals surface area (Å²) in [6.07, 6.45) is 1.38. The molecule has 3 aromatic carbocycles. The number of nitrogens with zero attached hydrogens (tertiary/aromatic N) is 1. The fraction of sp³-hybridized carbons (Fsp3) is 0.0952. The third kappa shape index (κ3) is 5.66. The molecule has 0 aliphatic rings. The average Bonchev–Trinajstić information content (AvgIpc) is 2.74. The molecule has 0 spiro atoms. The number of rotatable bonds is 8. The number of sulfonamides is 1. The summed E-state index contributed by atoms with van der Waals surface area (Å²) in [6.45, 7) is 0.202. The highest BCUT2D eigenvalue weighted by atomic mass is 35.5. The maximum Gasteiger partial charge on any atom is 0.276 e. The van der Waals surface area contributed by atoms with Gasteiger partial charge in [-0.15, -0.1) is 0 Å². The van der Waals surface area contributed by atoms with Crippen molar-refractivity contribution in [1.82, 2.24) is 4.83 Å². The topological polar surface area (TPSA) is 77.0 Å². The molecule has 0 atom stereocenters. The van der Waals surface area contributed by atoms with Gasteiger partial charge in [0, 0.05) is 15.6 Å². The Balaban J connectivity index is 1.73. The third-order valence-corrected chi connectivity index (χ3v) is 5.85. The van der Waals surface area contributed by atoms with Crippen LogP contribution < -0.4 is 14.3 Å². The van der Waals surface area contributed by atoms with E-state index in [9.17, 15) is 8.42 Å². The molecule has 30 heavy (non-hydrogen) atoms. The second-order valence-corrected chi connectivity index (χ2v) is 8.61. The van der Waals surface area contributed by atoms with Gasteiger partial charge in [-0.1, -0.05) is 47.5 Å². The van der Waals surface area contributed by atoms with Crippen LogP contribution >= 0.6 is 23.2 Å². The van der Waals surface area contributed by atoms with Crippen molar-refractivity contribution in [3.8, 4) is 11.5 Å². The van der Waals surface area contributed by atoms with Crippen molar-refractivity contribution < 1.29 is 17.9 Å². The normalized spacial score (nSPS) is 11.4. The van der Waals surface area contributed by atoms with Gasteiger partial charge >= 0.3 is 0 Å². The molecule has 0 unspecified atom stereocenters. The number of hydrogen-bond donors (Lipinski definition) is 1. The first-order chi connectivity index (χ1) is 14.4. The predicted octanol–water partition coefficient (Wildman–Crippen LogP) is 4.89. The fourth-order valence-electron chi connectivity index (χ4n) is 2.50. The number of benzene rings is 3. The molecule has 0 bridgehead atoms. The lowest BCUT2D eigenvalue weighted by Crippen LogP contribution is -2.18. The molecule has 1 N–H and O–H groups in total. The van der Waals surface area contributed by atoms with E-state index < -0.39 is 10.0 Å². The van der Waals surface area contributed by atoms with Gasteiger partial charge in [-0.2, -0.15) is 13.5 Å². The maximum absolute atomic E-state index is 12.2. The van der Waals surface area contributed by atoms with E-state index in [2.05, 4.69) is 9.93 Å². The predicted molar refractivity (Wildman–Crippen MR) is 118 cm³/mol. The molecule has 0 heterocycles. The molecule has 3 aromatic rings. The minimum atomic E-state index is -3.74. The van der Waals surface area contributed by atoms with Crippen molar-refractivity contribution in [2.75, 3.05) is 7.11 Å². The minimum Gasteiger partial charge on any atom is -0.493 e. The molecule has 0 amide bonds. The summed E-state index contributed by atoms with van der Waals surface area (Å²) in [5.74, 6) is 0.973. The van der Waals surface area contributed by atoms with Crippen LogP contribution in [0.15, 0.2) is 76.7 Å². The van der Waals surface area contributed by atoms with Crippen LogP contribution in [0.1, 0.15) is 11.1 Å². The van der Waals surface area contributed by atoms with Gasteiger partial charge in [-0.3, -0.25) is 0 Å². The minimum absolute atomic E-state index is 0.126. The molecule has 0 fully saturated rings. The Hall–Kier alpha value is -2.74. The van der Waals surface area contributed by atoms with Gasteiger partial charge in [-0.05, 0) is 48.0 Å². The van der Waals surface area contributed by atoms with E-state index in [4.69, 9.17) is 32.7 Å². The van der Waals surface area contributed by atoms with Crippen LogP contribution in [0.3, 0.4) is 0 Å². The van der Waals surface area contributed by atoms with Gasteiger partial charge in [0.25, 0.3) is 10.0 Å². The molecule has 0 aliphatic heterocycles. The zero-order valence-corrected chi connectivity index (χ0v) is 18.2. The Morgan fingerprint density at radius 1 is 1.00 bits per heavy atom. The molecular weight excluding hydrogens is 447 g/mol. The van der Waals surface area contributed by atoms with E-state index >= 15 is 0 Å². The zero-order valence-electron chi connectivity index (χ0n) is 15.9. The molecule has 3 rings (SSSR count). The van der Waals surface area contributed by atoms with Crippen molar-refractivity contribution in [3.05, 3.63) is 87.9 Å². The van der Waals surface area contributed by atoms with Crippen molar-refractivity contribution in [1.29, 1.82) is 0 Å². The van der Waals surface area contributed by atoms with E-state index in [-0.39, 0.29) is 11.5 Å². The summed E-state index contributed by atoms with van der Waals surface area (Å²) >= 11 is 12.1.